The number of methoxy groups -OCH3 is 1. The van der Waals surface area contributed by atoms with Crippen LogP contribution in [-0.4, -0.2) is 26.6 Å². The third-order valence-electron chi connectivity index (χ3n) is 6.61. The standard InChI is InChI=1S/C31H26N4O3S/c1-20-25(33-29(38-20)22-13-7-4-8-14-22)19-39-31-34-27-24(21-11-5-3-6-12-21)17-32-28(27)30(36)35(31)18-23-15-9-10-16-26(23)37-2/h3-17,32H,18-19H2,1-2H3. The van der Waals surface area contributed by atoms with E-state index in [9.17, 15) is 4.79 Å². The lowest BCUT2D eigenvalue weighted by Crippen LogP contribution is -2.24. The van der Waals surface area contributed by atoms with Crippen molar-refractivity contribution in [2.75, 3.05) is 7.11 Å². The molecule has 0 fully saturated rings. The lowest BCUT2D eigenvalue weighted by Gasteiger charge is -2.14. The average Bonchev–Trinajstić information content (AvgIpc) is 3.58. The van der Waals surface area contributed by atoms with Crippen LogP contribution in [0.3, 0.4) is 0 Å². The summed E-state index contributed by atoms with van der Waals surface area (Å²) in [5, 5.41) is 0.596. The van der Waals surface area contributed by atoms with Crippen LogP contribution in [0.5, 0.6) is 5.75 Å². The summed E-state index contributed by atoms with van der Waals surface area (Å²) >= 11 is 1.47. The van der Waals surface area contributed by atoms with Crippen LogP contribution in [-0.2, 0) is 12.3 Å². The fraction of sp³-hybridized carbons (Fsp3) is 0.129. The number of fused-ring (bicyclic) bond motifs is 1. The zero-order chi connectivity index (χ0) is 26.8. The molecular formula is C31H26N4O3S. The highest BCUT2D eigenvalue weighted by molar-refractivity contribution is 7.98. The van der Waals surface area contributed by atoms with Gasteiger partial charge in [0.05, 0.1) is 19.3 Å². The number of rotatable bonds is 8. The van der Waals surface area contributed by atoms with Crippen LogP contribution < -0.4 is 10.3 Å². The maximum atomic E-state index is 13.9. The summed E-state index contributed by atoms with van der Waals surface area (Å²) < 4.78 is 13.2. The highest BCUT2D eigenvalue weighted by Gasteiger charge is 2.19. The number of thioether (sulfide) groups is 1. The zero-order valence-electron chi connectivity index (χ0n) is 21.5. The number of hydrogen-bond acceptors (Lipinski definition) is 6. The number of oxazole rings is 1. The molecule has 0 radical (unpaired) electrons. The molecule has 39 heavy (non-hydrogen) atoms. The summed E-state index contributed by atoms with van der Waals surface area (Å²) in [7, 11) is 1.63. The van der Waals surface area contributed by atoms with E-state index in [0.29, 0.717) is 34.4 Å². The van der Waals surface area contributed by atoms with Crippen molar-refractivity contribution in [2.24, 2.45) is 0 Å². The molecule has 0 amide bonds. The van der Waals surface area contributed by atoms with Crippen LogP contribution in [0.25, 0.3) is 33.6 Å². The van der Waals surface area contributed by atoms with E-state index >= 15 is 0 Å². The van der Waals surface area contributed by atoms with Crippen molar-refractivity contribution >= 4 is 22.8 Å². The second-order valence-corrected chi connectivity index (χ2v) is 10.0. The highest BCUT2D eigenvalue weighted by Crippen LogP contribution is 2.31. The number of aryl methyl sites for hydroxylation is 1. The van der Waals surface area contributed by atoms with Crippen LogP contribution in [0, 0.1) is 6.92 Å². The number of benzene rings is 3. The van der Waals surface area contributed by atoms with Gasteiger partial charge in [-0.25, -0.2) is 9.97 Å². The molecule has 0 aliphatic rings. The molecule has 0 aliphatic carbocycles. The maximum absolute atomic E-state index is 13.9. The van der Waals surface area contributed by atoms with Crippen LogP contribution in [0.15, 0.2) is 105 Å². The molecule has 7 nitrogen and oxygen atoms in total. The molecule has 6 aromatic rings. The van der Waals surface area contributed by atoms with E-state index in [2.05, 4.69) is 4.98 Å². The fourth-order valence-electron chi connectivity index (χ4n) is 4.56. The molecule has 3 aromatic heterocycles. The van der Waals surface area contributed by atoms with Crippen molar-refractivity contribution in [1.82, 2.24) is 19.5 Å². The predicted octanol–water partition coefficient (Wildman–Crippen LogP) is 6.70. The second-order valence-electron chi connectivity index (χ2n) is 9.07. The van der Waals surface area contributed by atoms with Crippen LogP contribution in [0.1, 0.15) is 17.0 Å². The van der Waals surface area contributed by atoms with Gasteiger partial charge in [0.2, 0.25) is 5.89 Å². The van der Waals surface area contributed by atoms with Crippen molar-refractivity contribution in [3.63, 3.8) is 0 Å². The van der Waals surface area contributed by atoms with Gasteiger partial charge in [0.15, 0.2) is 5.16 Å². The summed E-state index contributed by atoms with van der Waals surface area (Å²) in [4.78, 5) is 26.8. The number of hydrogen-bond donors (Lipinski definition) is 1. The first-order valence-corrected chi connectivity index (χ1v) is 13.5. The Morgan fingerprint density at radius 3 is 2.36 bits per heavy atom. The molecule has 6 rings (SSSR count). The van der Waals surface area contributed by atoms with Gasteiger partial charge in [0.1, 0.15) is 22.5 Å². The lowest BCUT2D eigenvalue weighted by molar-refractivity contribution is 0.407. The van der Waals surface area contributed by atoms with Gasteiger partial charge in [-0.05, 0) is 30.7 Å². The van der Waals surface area contributed by atoms with Gasteiger partial charge in [-0.3, -0.25) is 9.36 Å². The molecule has 0 unspecified atom stereocenters. The Balaban J connectivity index is 1.42. The van der Waals surface area contributed by atoms with E-state index in [1.807, 2.05) is 98.0 Å². The monoisotopic (exact) mass is 534 g/mol. The first-order valence-electron chi connectivity index (χ1n) is 12.6. The van der Waals surface area contributed by atoms with E-state index in [-0.39, 0.29) is 5.56 Å². The Labute approximate surface area is 229 Å². The molecule has 3 heterocycles. The van der Waals surface area contributed by atoms with E-state index in [4.69, 9.17) is 19.1 Å². The normalized spacial score (nSPS) is 11.2. The van der Waals surface area contributed by atoms with Crippen molar-refractivity contribution in [2.45, 2.75) is 24.4 Å². The topological polar surface area (TPSA) is 85.9 Å². The van der Waals surface area contributed by atoms with E-state index in [0.717, 1.165) is 39.5 Å². The van der Waals surface area contributed by atoms with Gasteiger partial charge in [-0.1, -0.05) is 78.5 Å². The van der Waals surface area contributed by atoms with Gasteiger partial charge in [0, 0.05) is 28.6 Å². The fourth-order valence-corrected chi connectivity index (χ4v) is 5.56. The van der Waals surface area contributed by atoms with Gasteiger partial charge < -0.3 is 14.1 Å². The average molecular weight is 535 g/mol. The summed E-state index contributed by atoms with van der Waals surface area (Å²) in [5.74, 6) is 2.54. The van der Waals surface area contributed by atoms with Crippen molar-refractivity contribution < 1.29 is 9.15 Å². The molecule has 194 valence electrons. The van der Waals surface area contributed by atoms with Crippen LogP contribution in [0.4, 0.5) is 0 Å². The minimum absolute atomic E-state index is 0.141. The number of ether oxygens (including phenoxy) is 1. The van der Waals surface area contributed by atoms with E-state index in [1.54, 1.807) is 11.7 Å². The van der Waals surface area contributed by atoms with Crippen molar-refractivity contribution in [1.29, 1.82) is 0 Å². The molecule has 0 spiro atoms. The number of aromatic amines is 1. The molecule has 3 aromatic carbocycles. The van der Waals surface area contributed by atoms with E-state index in [1.165, 1.54) is 11.8 Å². The number of aromatic nitrogens is 4. The second kappa shape index (κ2) is 10.7. The van der Waals surface area contributed by atoms with Gasteiger partial charge >= 0.3 is 0 Å². The number of H-pyrrole nitrogens is 1. The third-order valence-corrected chi connectivity index (χ3v) is 7.59. The van der Waals surface area contributed by atoms with Gasteiger partial charge in [-0.2, -0.15) is 0 Å². The Hall–Kier alpha value is -4.56. The molecule has 0 atom stereocenters. The molecule has 0 aliphatic heterocycles. The zero-order valence-corrected chi connectivity index (χ0v) is 22.4. The van der Waals surface area contributed by atoms with Crippen LogP contribution >= 0.6 is 11.8 Å². The number of nitrogens with zero attached hydrogens (tertiary/aromatic N) is 3. The summed E-state index contributed by atoms with van der Waals surface area (Å²) in [5.41, 5.74) is 5.48. The quantitative estimate of drug-likeness (QED) is 0.173. The minimum Gasteiger partial charge on any atom is -0.496 e. The Morgan fingerprint density at radius 2 is 1.62 bits per heavy atom. The first-order chi connectivity index (χ1) is 19.1. The Bertz CT molecular complexity index is 1810. The first kappa shape index (κ1) is 24.8. The maximum Gasteiger partial charge on any atom is 0.278 e. The number of para-hydroxylation sites is 1. The predicted molar refractivity (Wildman–Crippen MR) is 154 cm³/mol. The smallest absolute Gasteiger partial charge is 0.278 e. The molecule has 0 saturated heterocycles. The SMILES string of the molecule is COc1ccccc1Cn1c(SCc2nc(-c3ccccc3)oc2C)nc2c(-c3ccccc3)c[nH]c2c1=O. The van der Waals surface area contributed by atoms with Crippen molar-refractivity contribution in [3.8, 4) is 28.3 Å². The molecular weight excluding hydrogens is 508 g/mol. The summed E-state index contributed by atoms with van der Waals surface area (Å²) in [6.07, 6.45) is 1.85. The van der Waals surface area contributed by atoms with Crippen molar-refractivity contribution in [3.05, 3.63) is 118 Å². The minimum atomic E-state index is -0.141. The van der Waals surface area contributed by atoms with Gasteiger partial charge in [0.25, 0.3) is 5.56 Å². The molecule has 0 bridgehead atoms. The van der Waals surface area contributed by atoms with Crippen LogP contribution in [0.2, 0.25) is 0 Å². The molecule has 8 heteroatoms. The van der Waals surface area contributed by atoms with Gasteiger partial charge in [-0.15, -0.1) is 0 Å². The largest absolute Gasteiger partial charge is 0.496 e. The third kappa shape index (κ3) is 4.86. The Kier molecular flexibility index (Phi) is 6.77. The number of nitrogens with one attached hydrogen (secondary N) is 1. The lowest BCUT2D eigenvalue weighted by atomic mass is 10.1. The summed E-state index contributed by atoms with van der Waals surface area (Å²) in [6, 6.07) is 27.5. The Morgan fingerprint density at radius 1 is 0.923 bits per heavy atom. The van der Waals surface area contributed by atoms with E-state index < -0.39 is 0 Å². The highest BCUT2D eigenvalue weighted by atomic mass is 32.2. The molecule has 1 N–H and O–H groups in total. The molecule has 0 saturated carbocycles. The summed E-state index contributed by atoms with van der Waals surface area (Å²) in [6.45, 7) is 2.23.